The molecule has 0 saturated heterocycles. The van der Waals surface area contributed by atoms with Gasteiger partial charge in [0.15, 0.2) is 0 Å². The molecule has 0 heterocycles. The fraction of sp³-hybridized carbons (Fsp3) is 0.333. The Labute approximate surface area is 154 Å². The van der Waals surface area contributed by atoms with Crippen molar-refractivity contribution in [3.8, 4) is 0 Å². The van der Waals surface area contributed by atoms with E-state index in [4.69, 9.17) is 9.84 Å². The van der Waals surface area contributed by atoms with E-state index < -0.39 is 17.9 Å². The number of hydrogen-bond acceptors (Lipinski definition) is 4. The van der Waals surface area contributed by atoms with E-state index in [9.17, 15) is 9.59 Å². The third-order valence-corrected chi connectivity index (χ3v) is 4.02. The monoisotopic (exact) mass is 355 g/mol. The van der Waals surface area contributed by atoms with Crippen LogP contribution in [-0.2, 0) is 27.4 Å². The molecule has 2 aromatic carbocycles. The first-order valence-corrected chi connectivity index (χ1v) is 8.77. The maximum absolute atomic E-state index is 12.2. The first-order valence-electron chi connectivity index (χ1n) is 8.77. The van der Waals surface area contributed by atoms with Crippen LogP contribution in [0.25, 0.3) is 0 Å². The Balaban J connectivity index is 2.16. The van der Waals surface area contributed by atoms with Crippen LogP contribution in [0.15, 0.2) is 60.7 Å². The van der Waals surface area contributed by atoms with Gasteiger partial charge >= 0.3 is 11.9 Å². The van der Waals surface area contributed by atoms with Gasteiger partial charge in [0.05, 0.1) is 18.9 Å². The van der Waals surface area contributed by atoms with E-state index in [2.05, 4.69) is 4.90 Å². The number of carbonyl (C=O) groups is 2. The Morgan fingerprint density at radius 3 is 1.88 bits per heavy atom. The molecule has 0 radical (unpaired) electrons. The second-order valence-electron chi connectivity index (χ2n) is 6.19. The van der Waals surface area contributed by atoms with Gasteiger partial charge in [0, 0.05) is 19.6 Å². The van der Waals surface area contributed by atoms with Crippen LogP contribution in [0.3, 0.4) is 0 Å². The maximum Gasteiger partial charge on any atom is 0.310 e. The molecule has 2 rings (SSSR count). The van der Waals surface area contributed by atoms with Crippen LogP contribution >= 0.6 is 0 Å². The molecular weight excluding hydrogens is 330 g/mol. The van der Waals surface area contributed by atoms with Gasteiger partial charge in [-0.1, -0.05) is 60.7 Å². The maximum atomic E-state index is 12.2. The van der Waals surface area contributed by atoms with Crippen molar-refractivity contribution < 1.29 is 19.4 Å². The molecule has 5 heteroatoms. The highest BCUT2D eigenvalue weighted by Crippen LogP contribution is 2.15. The van der Waals surface area contributed by atoms with Crippen molar-refractivity contribution in [3.05, 3.63) is 71.8 Å². The summed E-state index contributed by atoms with van der Waals surface area (Å²) in [5.41, 5.74) is 2.22. The van der Waals surface area contributed by atoms with Crippen LogP contribution in [-0.4, -0.2) is 35.1 Å². The molecule has 2 aromatic rings. The normalized spacial score (nSPS) is 11.9. The number of rotatable bonds is 10. The Bertz CT molecular complexity index is 646. The van der Waals surface area contributed by atoms with Crippen molar-refractivity contribution in [2.75, 3.05) is 13.2 Å². The van der Waals surface area contributed by atoms with Gasteiger partial charge in [-0.25, -0.2) is 0 Å². The van der Waals surface area contributed by atoms with E-state index in [-0.39, 0.29) is 13.0 Å². The molecule has 0 aliphatic rings. The van der Waals surface area contributed by atoms with E-state index in [0.717, 1.165) is 11.1 Å². The molecule has 0 bridgehead atoms. The highest BCUT2D eigenvalue weighted by Gasteiger charge is 2.26. The Morgan fingerprint density at radius 1 is 0.962 bits per heavy atom. The van der Waals surface area contributed by atoms with Crippen molar-refractivity contribution in [2.45, 2.75) is 26.4 Å². The largest absolute Gasteiger partial charge is 0.481 e. The van der Waals surface area contributed by atoms with Crippen molar-refractivity contribution in [1.82, 2.24) is 4.90 Å². The van der Waals surface area contributed by atoms with Gasteiger partial charge < -0.3 is 9.84 Å². The van der Waals surface area contributed by atoms with E-state index in [1.807, 2.05) is 60.7 Å². The molecule has 0 aromatic heterocycles. The fourth-order valence-corrected chi connectivity index (χ4v) is 2.87. The van der Waals surface area contributed by atoms with E-state index in [1.165, 1.54) is 0 Å². The van der Waals surface area contributed by atoms with E-state index >= 15 is 0 Å². The summed E-state index contributed by atoms with van der Waals surface area (Å²) >= 11 is 0. The van der Waals surface area contributed by atoms with Crippen molar-refractivity contribution in [2.24, 2.45) is 5.92 Å². The van der Waals surface area contributed by atoms with Gasteiger partial charge in [-0.2, -0.15) is 0 Å². The van der Waals surface area contributed by atoms with Crippen LogP contribution in [0.2, 0.25) is 0 Å². The number of ether oxygens (including phenoxy) is 1. The molecule has 0 fully saturated rings. The number of carboxylic acids is 1. The quantitative estimate of drug-likeness (QED) is 0.662. The zero-order valence-electron chi connectivity index (χ0n) is 15.0. The summed E-state index contributed by atoms with van der Waals surface area (Å²) in [5, 5.41) is 9.17. The van der Waals surface area contributed by atoms with Crippen molar-refractivity contribution in [3.63, 3.8) is 0 Å². The molecule has 0 amide bonds. The standard InChI is InChI=1S/C21H25NO4/c1-2-26-21(25)19(13-20(23)24)16-22(14-17-9-5-3-6-10-17)15-18-11-7-4-8-12-18/h3-12,19H,2,13-16H2,1H3,(H,23,24). The first kappa shape index (κ1) is 19.7. The average Bonchev–Trinajstić information content (AvgIpc) is 2.62. The lowest BCUT2D eigenvalue weighted by atomic mass is 10.0. The van der Waals surface area contributed by atoms with Crippen LogP contribution < -0.4 is 0 Å². The minimum atomic E-state index is -0.998. The number of carbonyl (C=O) groups excluding carboxylic acids is 1. The SMILES string of the molecule is CCOC(=O)C(CC(=O)O)CN(Cc1ccccc1)Cc1ccccc1. The smallest absolute Gasteiger partial charge is 0.310 e. The van der Waals surface area contributed by atoms with Gasteiger partial charge in [-0.3, -0.25) is 14.5 Å². The number of hydrogen-bond donors (Lipinski definition) is 1. The topological polar surface area (TPSA) is 66.8 Å². The Kier molecular flexibility index (Phi) is 7.83. The molecule has 0 aliphatic carbocycles. The van der Waals surface area contributed by atoms with Gasteiger partial charge in [0.2, 0.25) is 0 Å². The van der Waals surface area contributed by atoms with Crippen LogP contribution in [0.4, 0.5) is 0 Å². The van der Waals surface area contributed by atoms with Gasteiger partial charge in [0.25, 0.3) is 0 Å². The molecule has 0 aliphatic heterocycles. The molecular formula is C21H25NO4. The van der Waals surface area contributed by atoms with Gasteiger partial charge in [-0.05, 0) is 18.1 Å². The molecule has 138 valence electrons. The lowest BCUT2D eigenvalue weighted by Crippen LogP contribution is -2.35. The Hall–Kier alpha value is -2.66. The van der Waals surface area contributed by atoms with Crippen LogP contribution in [0.5, 0.6) is 0 Å². The molecule has 1 atom stereocenters. The van der Waals surface area contributed by atoms with Crippen molar-refractivity contribution >= 4 is 11.9 Å². The molecule has 1 N–H and O–H groups in total. The summed E-state index contributed by atoms with van der Waals surface area (Å²) in [4.78, 5) is 25.5. The second kappa shape index (κ2) is 10.4. The average molecular weight is 355 g/mol. The van der Waals surface area contributed by atoms with Crippen LogP contribution in [0, 0.1) is 5.92 Å². The van der Waals surface area contributed by atoms with Crippen LogP contribution in [0.1, 0.15) is 24.5 Å². The highest BCUT2D eigenvalue weighted by atomic mass is 16.5. The fourth-order valence-electron chi connectivity index (χ4n) is 2.87. The number of aliphatic carboxylic acids is 1. The lowest BCUT2D eigenvalue weighted by molar-refractivity contribution is -0.153. The van der Waals surface area contributed by atoms with Gasteiger partial charge in [-0.15, -0.1) is 0 Å². The first-order chi connectivity index (χ1) is 12.6. The minimum absolute atomic E-state index is 0.237. The Morgan fingerprint density at radius 2 is 1.46 bits per heavy atom. The second-order valence-corrected chi connectivity index (χ2v) is 6.19. The van der Waals surface area contributed by atoms with E-state index in [1.54, 1.807) is 6.92 Å². The predicted octanol–water partition coefficient (Wildman–Crippen LogP) is 3.34. The summed E-state index contributed by atoms with van der Waals surface area (Å²) in [5.74, 6) is -2.15. The summed E-state index contributed by atoms with van der Waals surface area (Å²) in [7, 11) is 0. The summed E-state index contributed by atoms with van der Waals surface area (Å²) < 4.78 is 5.08. The van der Waals surface area contributed by atoms with E-state index in [0.29, 0.717) is 19.6 Å². The lowest BCUT2D eigenvalue weighted by Gasteiger charge is -2.26. The number of benzene rings is 2. The summed E-state index contributed by atoms with van der Waals surface area (Å²) in [6, 6.07) is 19.9. The zero-order valence-corrected chi connectivity index (χ0v) is 15.0. The molecule has 26 heavy (non-hydrogen) atoms. The summed E-state index contributed by atoms with van der Waals surface area (Å²) in [6.45, 7) is 3.55. The third-order valence-electron chi connectivity index (χ3n) is 4.02. The molecule has 5 nitrogen and oxygen atoms in total. The number of esters is 1. The molecule has 1 unspecified atom stereocenters. The number of nitrogens with zero attached hydrogens (tertiary/aromatic N) is 1. The summed E-state index contributed by atoms with van der Waals surface area (Å²) in [6.07, 6.45) is -0.237. The number of carboxylic acid groups (broad SMARTS) is 1. The molecule has 0 spiro atoms. The highest BCUT2D eigenvalue weighted by molar-refractivity contribution is 5.79. The zero-order chi connectivity index (χ0) is 18.8. The van der Waals surface area contributed by atoms with Gasteiger partial charge in [0.1, 0.15) is 0 Å². The van der Waals surface area contributed by atoms with Crippen molar-refractivity contribution in [1.29, 1.82) is 0 Å². The minimum Gasteiger partial charge on any atom is -0.481 e. The molecule has 0 saturated carbocycles. The predicted molar refractivity (Wildman–Crippen MR) is 99.4 cm³/mol. The third kappa shape index (κ3) is 6.69.